The maximum Gasteiger partial charge on any atom is 0.314 e. The van der Waals surface area contributed by atoms with E-state index in [1.165, 1.54) is 0 Å². The predicted octanol–water partition coefficient (Wildman–Crippen LogP) is 2.79. The molecule has 1 saturated carbocycles. The van der Waals surface area contributed by atoms with Crippen LogP contribution in [0.2, 0.25) is 5.02 Å². The Hall–Kier alpha value is -1.42. The number of hydrogen-bond acceptors (Lipinski definition) is 3. The largest absolute Gasteiger partial charge is 0.486 e. The van der Waals surface area contributed by atoms with Gasteiger partial charge in [0.1, 0.15) is 13.2 Å². The molecule has 1 aromatic carbocycles. The maximum absolute atomic E-state index is 11.5. The van der Waals surface area contributed by atoms with Crippen LogP contribution in [0.3, 0.4) is 0 Å². The van der Waals surface area contributed by atoms with Crippen molar-refractivity contribution in [1.29, 1.82) is 0 Å². The van der Waals surface area contributed by atoms with E-state index in [4.69, 9.17) is 21.1 Å². The van der Waals surface area contributed by atoms with Crippen molar-refractivity contribution in [3.8, 4) is 11.5 Å². The average molecular weight is 283 g/mol. The zero-order valence-corrected chi connectivity index (χ0v) is 11.4. The molecule has 1 aliphatic carbocycles. The molecule has 0 spiro atoms. The molecule has 0 bridgehead atoms. The number of fused-ring (bicyclic) bond motifs is 1. The summed E-state index contributed by atoms with van der Waals surface area (Å²) in [7, 11) is 0. The maximum atomic E-state index is 11.5. The molecule has 1 fully saturated rings. The van der Waals surface area contributed by atoms with Gasteiger partial charge < -0.3 is 14.6 Å². The van der Waals surface area contributed by atoms with Gasteiger partial charge in [-0.05, 0) is 30.9 Å². The molecule has 102 valence electrons. The summed E-state index contributed by atoms with van der Waals surface area (Å²) >= 11 is 6.22. The smallest absolute Gasteiger partial charge is 0.314 e. The molecule has 0 atom stereocenters. The van der Waals surface area contributed by atoms with Crippen LogP contribution in [0.4, 0.5) is 0 Å². The quantitative estimate of drug-likeness (QED) is 0.926. The molecule has 0 radical (unpaired) electrons. The van der Waals surface area contributed by atoms with Gasteiger partial charge in [0, 0.05) is 5.56 Å². The molecule has 0 saturated heterocycles. The van der Waals surface area contributed by atoms with Gasteiger partial charge in [0.25, 0.3) is 0 Å². The van der Waals surface area contributed by atoms with Crippen molar-refractivity contribution in [3.63, 3.8) is 0 Å². The highest BCUT2D eigenvalue weighted by Crippen LogP contribution is 2.54. The highest BCUT2D eigenvalue weighted by molar-refractivity contribution is 6.32. The zero-order chi connectivity index (χ0) is 13.6. The molecular weight excluding hydrogens is 268 g/mol. The Balaban J connectivity index is 2.20. The van der Waals surface area contributed by atoms with E-state index in [0.29, 0.717) is 49.0 Å². The standard InChI is InChI=1S/C14H15ClO4/c1-2-8-9(14(3-4-14)13(16)17)7-10(15)12-11(8)18-5-6-19-12/h7H,2-6H2,1H3,(H,16,17). The van der Waals surface area contributed by atoms with Crippen LogP contribution in [-0.4, -0.2) is 24.3 Å². The second kappa shape index (κ2) is 4.30. The minimum atomic E-state index is -0.782. The number of carboxylic acids is 1. The van der Waals surface area contributed by atoms with Crippen molar-refractivity contribution in [2.45, 2.75) is 31.6 Å². The number of aliphatic carboxylic acids is 1. The van der Waals surface area contributed by atoms with E-state index in [2.05, 4.69) is 0 Å². The van der Waals surface area contributed by atoms with Crippen LogP contribution in [0, 0.1) is 0 Å². The molecule has 0 aromatic heterocycles. The molecule has 3 rings (SSSR count). The van der Waals surface area contributed by atoms with Crippen LogP contribution in [-0.2, 0) is 16.6 Å². The lowest BCUT2D eigenvalue weighted by atomic mass is 9.89. The van der Waals surface area contributed by atoms with E-state index in [0.717, 1.165) is 11.1 Å². The van der Waals surface area contributed by atoms with E-state index >= 15 is 0 Å². The van der Waals surface area contributed by atoms with Crippen LogP contribution in [0.25, 0.3) is 0 Å². The Labute approximate surface area is 116 Å². The summed E-state index contributed by atoms with van der Waals surface area (Å²) in [5.74, 6) is 0.397. The minimum Gasteiger partial charge on any atom is -0.486 e. The molecule has 2 aliphatic rings. The summed E-state index contributed by atoms with van der Waals surface area (Å²) in [6.45, 7) is 2.93. The average Bonchev–Trinajstić information content (AvgIpc) is 3.20. The first-order chi connectivity index (χ1) is 9.10. The van der Waals surface area contributed by atoms with E-state index in [1.807, 2.05) is 6.92 Å². The van der Waals surface area contributed by atoms with Gasteiger partial charge in [-0.2, -0.15) is 0 Å². The van der Waals surface area contributed by atoms with E-state index < -0.39 is 11.4 Å². The van der Waals surface area contributed by atoms with Crippen LogP contribution < -0.4 is 9.47 Å². The van der Waals surface area contributed by atoms with Crippen molar-refractivity contribution in [2.24, 2.45) is 0 Å². The summed E-state index contributed by atoms with van der Waals surface area (Å²) < 4.78 is 11.2. The van der Waals surface area contributed by atoms with Crippen LogP contribution in [0.5, 0.6) is 11.5 Å². The third-order valence-electron chi connectivity index (χ3n) is 3.90. The van der Waals surface area contributed by atoms with Gasteiger partial charge in [-0.25, -0.2) is 0 Å². The molecule has 1 N–H and O–H groups in total. The second-order valence-corrected chi connectivity index (χ2v) is 5.39. The number of carboxylic acid groups (broad SMARTS) is 1. The fraction of sp³-hybridized carbons (Fsp3) is 0.500. The predicted molar refractivity (Wildman–Crippen MR) is 70.4 cm³/mol. The molecular formula is C14H15ClO4. The number of rotatable bonds is 3. The van der Waals surface area contributed by atoms with Crippen molar-refractivity contribution in [2.75, 3.05) is 13.2 Å². The van der Waals surface area contributed by atoms with Gasteiger partial charge in [0.15, 0.2) is 11.5 Å². The fourth-order valence-electron chi connectivity index (χ4n) is 2.72. The minimum absolute atomic E-state index is 0.439. The molecule has 19 heavy (non-hydrogen) atoms. The van der Waals surface area contributed by atoms with Gasteiger partial charge in [0.2, 0.25) is 0 Å². The SMILES string of the molecule is CCc1c(C2(C(=O)O)CC2)cc(Cl)c2c1OCCO2. The Morgan fingerprint density at radius 3 is 2.53 bits per heavy atom. The van der Waals surface area contributed by atoms with E-state index in [9.17, 15) is 9.90 Å². The Morgan fingerprint density at radius 2 is 2.00 bits per heavy atom. The Morgan fingerprint density at radius 1 is 1.37 bits per heavy atom. The monoisotopic (exact) mass is 282 g/mol. The zero-order valence-electron chi connectivity index (χ0n) is 10.7. The third-order valence-corrected chi connectivity index (χ3v) is 4.18. The topological polar surface area (TPSA) is 55.8 Å². The number of ether oxygens (including phenoxy) is 2. The molecule has 1 heterocycles. The lowest BCUT2D eigenvalue weighted by Gasteiger charge is -2.25. The fourth-order valence-corrected chi connectivity index (χ4v) is 2.97. The first-order valence-electron chi connectivity index (χ1n) is 6.45. The summed E-state index contributed by atoms with van der Waals surface area (Å²) in [6.07, 6.45) is 2.02. The summed E-state index contributed by atoms with van der Waals surface area (Å²) in [5.41, 5.74) is 0.931. The third kappa shape index (κ3) is 1.77. The van der Waals surface area contributed by atoms with E-state index in [-0.39, 0.29) is 0 Å². The molecule has 1 aromatic rings. The molecule has 5 heteroatoms. The lowest BCUT2D eigenvalue weighted by Crippen LogP contribution is -2.24. The number of benzene rings is 1. The van der Waals surface area contributed by atoms with Crippen LogP contribution in [0.1, 0.15) is 30.9 Å². The summed E-state index contributed by atoms with van der Waals surface area (Å²) in [4.78, 5) is 11.5. The van der Waals surface area contributed by atoms with Gasteiger partial charge in [-0.15, -0.1) is 0 Å². The van der Waals surface area contributed by atoms with Gasteiger partial charge >= 0.3 is 5.97 Å². The highest BCUT2D eigenvalue weighted by Gasteiger charge is 2.53. The number of halogens is 1. The molecule has 1 aliphatic heterocycles. The second-order valence-electron chi connectivity index (χ2n) is 4.98. The molecule has 0 amide bonds. The van der Waals surface area contributed by atoms with E-state index in [1.54, 1.807) is 6.07 Å². The van der Waals surface area contributed by atoms with Crippen LogP contribution >= 0.6 is 11.6 Å². The molecule has 4 nitrogen and oxygen atoms in total. The number of hydrogen-bond donors (Lipinski definition) is 1. The first-order valence-corrected chi connectivity index (χ1v) is 6.83. The van der Waals surface area contributed by atoms with Crippen molar-refractivity contribution in [3.05, 3.63) is 22.2 Å². The summed E-state index contributed by atoms with van der Waals surface area (Å²) in [5, 5.41) is 9.90. The highest BCUT2D eigenvalue weighted by atomic mass is 35.5. The van der Waals surface area contributed by atoms with Gasteiger partial charge in [-0.1, -0.05) is 18.5 Å². The molecule has 0 unspecified atom stereocenters. The van der Waals surface area contributed by atoms with Gasteiger partial charge in [-0.3, -0.25) is 4.79 Å². The lowest BCUT2D eigenvalue weighted by molar-refractivity contribution is -0.140. The Kier molecular flexibility index (Phi) is 2.86. The van der Waals surface area contributed by atoms with Crippen LogP contribution in [0.15, 0.2) is 6.07 Å². The number of carbonyl (C=O) groups is 1. The van der Waals surface area contributed by atoms with Crippen molar-refractivity contribution < 1.29 is 19.4 Å². The van der Waals surface area contributed by atoms with Gasteiger partial charge in [0.05, 0.1) is 10.4 Å². The van der Waals surface area contributed by atoms with Crippen molar-refractivity contribution in [1.82, 2.24) is 0 Å². The first kappa shape index (κ1) is 12.6. The summed E-state index contributed by atoms with van der Waals surface area (Å²) in [6, 6.07) is 1.75. The van der Waals surface area contributed by atoms with Crippen molar-refractivity contribution >= 4 is 17.6 Å². The Bertz CT molecular complexity index is 549. The normalized spacial score (nSPS) is 19.1.